The molecule has 20 heavy (non-hydrogen) atoms. The van der Waals surface area contributed by atoms with Crippen molar-refractivity contribution in [1.29, 1.82) is 0 Å². The van der Waals surface area contributed by atoms with Crippen LogP contribution in [0.4, 0.5) is 5.69 Å². The summed E-state index contributed by atoms with van der Waals surface area (Å²) in [6, 6.07) is 10.1. The summed E-state index contributed by atoms with van der Waals surface area (Å²) in [4.78, 5) is 2.47. The monoisotopic (exact) mass is 276 g/mol. The van der Waals surface area contributed by atoms with E-state index in [1.807, 2.05) is 0 Å². The van der Waals surface area contributed by atoms with Crippen molar-refractivity contribution in [3.05, 3.63) is 29.8 Å². The van der Waals surface area contributed by atoms with Gasteiger partial charge in [-0.15, -0.1) is 0 Å². The van der Waals surface area contributed by atoms with Gasteiger partial charge in [0, 0.05) is 37.5 Å². The van der Waals surface area contributed by atoms with Crippen LogP contribution in [-0.4, -0.2) is 30.3 Å². The Kier molecular flexibility index (Phi) is 5.86. The van der Waals surface area contributed by atoms with Crippen LogP contribution in [0.15, 0.2) is 24.3 Å². The summed E-state index contributed by atoms with van der Waals surface area (Å²) >= 11 is 0. The number of nitrogens with one attached hydrogen (secondary N) is 1. The molecule has 0 amide bonds. The second-order valence-corrected chi connectivity index (χ2v) is 6.06. The van der Waals surface area contributed by atoms with Crippen molar-refractivity contribution in [3.8, 4) is 0 Å². The minimum absolute atomic E-state index is 0.277. The normalized spacial score (nSPS) is 15.4. The van der Waals surface area contributed by atoms with E-state index < -0.39 is 0 Å². The predicted octanol–water partition coefficient (Wildman–Crippen LogP) is 2.93. The SMILES string of the molecule is CC(C)NCc1ccc(N(CCCO)C2CCC2)cc1. The molecule has 3 nitrogen and oxygen atoms in total. The van der Waals surface area contributed by atoms with Crippen LogP contribution in [-0.2, 0) is 6.54 Å². The first-order valence-electron chi connectivity index (χ1n) is 7.90. The number of hydrogen-bond donors (Lipinski definition) is 2. The molecule has 0 bridgehead atoms. The van der Waals surface area contributed by atoms with Crippen LogP contribution in [0.5, 0.6) is 0 Å². The number of rotatable bonds is 8. The molecule has 0 heterocycles. The van der Waals surface area contributed by atoms with Crippen LogP contribution in [0, 0.1) is 0 Å². The first-order valence-corrected chi connectivity index (χ1v) is 7.90. The van der Waals surface area contributed by atoms with Crippen molar-refractivity contribution >= 4 is 5.69 Å². The van der Waals surface area contributed by atoms with Crippen LogP contribution in [0.2, 0.25) is 0 Å². The molecule has 112 valence electrons. The molecule has 2 N–H and O–H groups in total. The molecular formula is C17H28N2O. The van der Waals surface area contributed by atoms with Gasteiger partial charge in [-0.05, 0) is 43.4 Å². The van der Waals surface area contributed by atoms with Gasteiger partial charge in [0.25, 0.3) is 0 Å². The van der Waals surface area contributed by atoms with Gasteiger partial charge in [-0.3, -0.25) is 0 Å². The van der Waals surface area contributed by atoms with Crippen LogP contribution < -0.4 is 10.2 Å². The zero-order valence-corrected chi connectivity index (χ0v) is 12.8. The molecule has 1 aromatic carbocycles. The molecular weight excluding hydrogens is 248 g/mol. The fourth-order valence-electron chi connectivity index (χ4n) is 2.59. The van der Waals surface area contributed by atoms with Crippen LogP contribution in [0.25, 0.3) is 0 Å². The molecule has 3 heteroatoms. The maximum absolute atomic E-state index is 9.07. The highest BCUT2D eigenvalue weighted by molar-refractivity contribution is 5.49. The minimum Gasteiger partial charge on any atom is -0.396 e. The van der Waals surface area contributed by atoms with Gasteiger partial charge in [0.1, 0.15) is 0 Å². The quantitative estimate of drug-likeness (QED) is 0.766. The summed E-state index contributed by atoms with van der Waals surface area (Å²) in [6.07, 6.45) is 4.79. The van der Waals surface area contributed by atoms with E-state index in [-0.39, 0.29) is 6.61 Å². The van der Waals surface area contributed by atoms with Gasteiger partial charge >= 0.3 is 0 Å². The Balaban J connectivity index is 1.97. The van der Waals surface area contributed by atoms with E-state index in [1.54, 1.807) is 0 Å². The van der Waals surface area contributed by atoms with E-state index in [4.69, 9.17) is 5.11 Å². The van der Waals surface area contributed by atoms with E-state index >= 15 is 0 Å². The van der Waals surface area contributed by atoms with E-state index in [0.717, 1.165) is 19.5 Å². The zero-order valence-electron chi connectivity index (χ0n) is 12.8. The molecule has 1 aromatic rings. The molecule has 1 aliphatic carbocycles. The third kappa shape index (κ3) is 4.22. The molecule has 2 rings (SSSR count). The molecule has 1 saturated carbocycles. The molecule has 0 aliphatic heterocycles. The summed E-state index contributed by atoms with van der Waals surface area (Å²) < 4.78 is 0. The molecule has 0 saturated heterocycles. The van der Waals surface area contributed by atoms with E-state index in [1.165, 1.54) is 30.5 Å². The fraction of sp³-hybridized carbons (Fsp3) is 0.647. The largest absolute Gasteiger partial charge is 0.396 e. The summed E-state index contributed by atoms with van der Waals surface area (Å²) in [7, 11) is 0. The van der Waals surface area contributed by atoms with Gasteiger partial charge in [-0.2, -0.15) is 0 Å². The summed E-state index contributed by atoms with van der Waals surface area (Å²) in [6.45, 7) is 6.51. The fourth-order valence-corrected chi connectivity index (χ4v) is 2.59. The number of nitrogens with zero attached hydrogens (tertiary/aromatic N) is 1. The Morgan fingerprint density at radius 3 is 2.45 bits per heavy atom. The number of hydrogen-bond acceptors (Lipinski definition) is 3. The average molecular weight is 276 g/mol. The third-order valence-corrected chi connectivity index (χ3v) is 4.06. The molecule has 0 atom stereocenters. The maximum atomic E-state index is 9.07. The molecule has 0 spiro atoms. The lowest BCUT2D eigenvalue weighted by molar-refractivity contribution is 0.283. The molecule has 1 aliphatic rings. The maximum Gasteiger partial charge on any atom is 0.0447 e. The Morgan fingerprint density at radius 2 is 1.95 bits per heavy atom. The summed E-state index contributed by atoms with van der Waals surface area (Å²) in [5.74, 6) is 0. The van der Waals surface area contributed by atoms with Gasteiger partial charge in [0.05, 0.1) is 0 Å². The van der Waals surface area contributed by atoms with Crippen molar-refractivity contribution in [2.24, 2.45) is 0 Å². The van der Waals surface area contributed by atoms with E-state index in [9.17, 15) is 0 Å². The van der Waals surface area contributed by atoms with Crippen molar-refractivity contribution in [2.45, 2.75) is 58.2 Å². The summed E-state index contributed by atoms with van der Waals surface area (Å²) in [5.41, 5.74) is 2.63. The third-order valence-electron chi connectivity index (χ3n) is 4.06. The topological polar surface area (TPSA) is 35.5 Å². The number of anilines is 1. The second kappa shape index (κ2) is 7.65. The van der Waals surface area contributed by atoms with E-state index in [0.29, 0.717) is 12.1 Å². The Labute approximate surface area is 123 Å². The van der Waals surface area contributed by atoms with Crippen LogP contribution >= 0.6 is 0 Å². The van der Waals surface area contributed by atoms with Gasteiger partial charge in [-0.25, -0.2) is 0 Å². The van der Waals surface area contributed by atoms with Crippen LogP contribution in [0.1, 0.15) is 45.1 Å². The molecule has 0 radical (unpaired) electrons. The van der Waals surface area contributed by atoms with E-state index in [2.05, 4.69) is 48.3 Å². The van der Waals surface area contributed by atoms with Crippen LogP contribution in [0.3, 0.4) is 0 Å². The standard InChI is InChI=1S/C17H28N2O/c1-14(2)18-13-15-7-9-17(10-8-15)19(11-4-12-20)16-5-3-6-16/h7-10,14,16,18,20H,3-6,11-13H2,1-2H3. The minimum atomic E-state index is 0.277. The predicted molar refractivity (Wildman–Crippen MR) is 85.1 cm³/mol. The zero-order chi connectivity index (χ0) is 14.4. The second-order valence-electron chi connectivity index (χ2n) is 6.06. The van der Waals surface area contributed by atoms with Crippen molar-refractivity contribution in [2.75, 3.05) is 18.1 Å². The lowest BCUT2D eigenvalue weighted by Crippen LogP contribution is -2.41. The Morgan fingerprint density at radius 1 is 1.25 bits per heavy atom. The smallest absolute Gasteiger partial charge is 0.0447 e. The summed E-state index contributed by atoms with van der Waals surface area (Å²) in [5, 5.41) is 12.5. The highest BCUT2D eigenvalue weighted by Gasteiger charge is 2.24. The number of aliphatic hydroxyl groups is 1. The van der Waals surface area contributed by atoms with Gasteiger partial charge in [-0.1, -0.05) is 26.0 Å². The van der Waals surface area contributed by atoms with Gasteiger partial charge in [0.15, 0.2) is 0 Å². The van der Waals surface area contributed by atoms with Gasteiger partial charge < -0.3 is 15.3 Å². The Bertz CT molecular complexity index is 384. The van der Waals surface area contributed by atoms with Crippen molar-refractivity contribution < 1.29 is 5.11 Å². The number of benzene rings is 1. The highest BCUT2D eigenvalue weighted by atomic mass is 16.3. The van der Waals surface area contributed by atoms with Gasteiger partial charge in [0.2, 0.25) is 0 Å². The lowest BCUT2D eigenvalue weighted by atomic mass is 9.91. The van der Waals surface area contributed by atoms with Crippen molar-refractivity contribution in [3.63, 3.8) is 0 Å². The lowest BCUT2D eigenvalue weighted by Gasteiger charge is -2.39. The molecule has 1 fully saturated rings. The first kappa shape index (κ1) is 15.3. The molecule has 0 aromatic heterocycles. The first-order chi connectivity index (χ1) is 9.70. The average Bonchev–Trinajstić information content (AvgIpc) is 2.39. The Hall–Kier alpha value is -1.06. The molecule has 0 unspecified atom stereocenters. The van der Waals surface area contributed by atoms with Crippen molar-refractivity contribution in [1.82, 2.24) is 5.32 Å². The highest BCUT2D eigenvalue weighted by Crippen LogP contribution is 2.29. The number of aliphatic hydroxyl groups excluding tert-OH is 1.